The molecule has 0 fully saturated rings. The molecule has 1 heterocycles. The van der Waals surface area contributed by atoms with Crippen LogP contribution in [0.3, 0.4) is 0 Å². The van der Waals surface area contributed by atoms with Crippen LogP contribution in [0.5, 0.6) is 0 Å². The second-order valence-electron chi connectivity index (χ2n) is 5.14. The molecule has 0 unspecified atom stereocenters. The molecule has 0 aliphatic carbocycles. The predicted octanol–water partition coefficient (Wildman–Crippen LogP) is 0.947. The maximum absolute atomic E-state index is 11.9. The standard InChI is InChI=1S/C13H22N4O3/c1-5-13(3,4)15-10(18)8-17-7-9(14)11(16-17)12(19)20-6-2/h7H,5-6,8,14H2,1-4H3,(H,15,18). The lowest BCUT2D eigenvalue weighted by molar-refractivity contribution is -0.123. The average molecular weight is 282 g/mol. The number of rotatable bonds is 6. The number of amides is 1. The molecule has 1 rings (SSSR count). The van der Waals surface area contributed by atoms with E-state index in [0.29, 0.717) is 0 Å². The third-order valence-electron chi connectivity index (χ3n) is 2.93. The van der Waals surface area contributed by atoms with Crippen molar-refractivity contribution in [2.45, 2.75) is 46.2 Å². The number of hydrogen-bond acceptors (Lipinski definition) is 5. The van der Waals surface area contributed by atoms with E-state index >= 15 is 0 Å². The first-order valence-corrected chi connectivity index (χ1v) is 6.60. The maximum atomic E-state index is 11.9. The van der Waals surface area contributed by atoms with Gasteiger partial charge < -0.3 is 15.8 Å². The smallest absolute Gasteiger partial charge is 0.361 e. The minimum absolute atomic E-state index is 0.00698. The molecule has 0 bridgehead atoms. The summed E-state index contributed by atoms with van der Waals surface area (Å²) in [7, 11) is 0. The van der Waals surface area contributed by atoms with Crippen molar-refractivity contribution in [2.24, 2.45) is 0 Å². The Bertz CT molecular complexity index is 494. The van der Waals surface area contributed by atoms with Gasteiger partial charge in [0.2, 0.25) is 5.91 Å². The van der Waals surface area contributed by atoms with Crippen LogP contribution in [0.15, 0.2) is 6.20 Å². The number of nitrogens with two attached hydrogens (primary N) is 1. The minimum atomic E-state index is -0.585. The number of esters is 1. The van der Waals surface area contributed by atoms with E-state index in [-0.39, 0.29) is 36.0 Å². The third kappa shape index (κ3) is 4.25. The van der Waals surface area contributed by atoms with Crippen LogP contribution in [0.2, 0.25) is 0 Å². The molecule has 0 saturated heterocycles. The van der Waals surface area contributed by atoms with Gasteiger partial charge in [0.25, 0.3) is 0 Å². The van der Waals surface area contributed by atoms with Gasteiger partial charge in [0.1, 0.15) is 6.54 Å². The summed E-state index contributed by atoms with van der Waals surface area (Å²) in [5.41, 5.74) is 5.64. The molecule has 3 N–H and O–H groups in total. The van der Waals surface area contributed by atoms with Crippen molar-refractivity contribution in [3.8, 4) is 0 Å². The number of anilines is 1. The van der Waals surface area contributed by atoms with Crippen molar-refractivity contribution in [1.29, 1.82) is 0 Å². The van der Waals surface area contributed by atoms with Gasteiger partial charge in [-0.05, 0) is 27.2 Å². The van der Waals surface area contributed by atoms with Gasteiger partial charge >= 0.3 is 5.97 Å². The zero-order valence-electron chi connectivity index (χ0n) is 12.4. The second-order valence-corrected chi connectivity index (χ2v) is 5.14. The van der Waals surface area contributed by atoms with E-state index in [4.69, 9.17) is 10.5 Å². The predicted molar refractivity (Wildman–Crippen MR) is 75.1 cm³/mol. The van der Waals surface area contributed by atoms with Crippen LogP contribution in [0.4, 0.5) is 5.69 Å². The Labute approximate surface area is 118 Å². The summed E-state index contributed by atoms with van der Waals surface area (Å²) in [5.74, 6) is -0.771. The fourth-order valence-corrected chi connectivity index (χ4v) is 1.53. The Morgan fingerprint density at radius 1 is 1.45 bits per heavy atom. The van der Waals surface area contributed by atoms with E-state index in [2.05, 4.69) is 10.4 Å². The van der Waals surface area contributed by atoms with E-state index in [1.54, 1.807) is 6.92 Å². The molecule has 0 spiro atoms. The highest BCUT2D eigenvalue weighted by molar-refractivity contribution is 5.92. The quantitative estimate of drug-likeness (QED) is 0.757. The molecular weight excluding hydrogens is 260 g/mol. The van der Waals surface area contributed by atoms with Crippen LogP contribution >= 0.6 is 0 Å². The first-order valence-electron chi connectivity index (χ1n) is 6.60. The lowest BCUT2D eigenvalue weighted by Gasteiger charge is -2.24. The number of carbonyl (C=O) groups excluding carboxylic acids is 2. The van der Waals surface area contributed by atoms with Gasteiger partial charge in [-0.2, -0.15) is 5.10 Å². The van der Waals surface area contributed by atoms with Crippen molar-refractivity contribution in [1.82, 2.24) is 15.1 Å². The van der Waals surface area contributed by atoms with Crippen LogP contribution < -0.4 is 11.1 Å². The van der Waals surface area contributed by atoms with Crippen molar-refractivity contribution in [3.63, 3.8) is 0 Å². The summed E-state index contributed by atoms with van der Waals surface area (Å²) in [6, 6.07) is 0. The number of ether oxygens (including phenoxy) is 1. The van der Waals surface area contributed by atoms with Crippen molar-refractivity contribution < 1.29 is 14.3 Å². The maximum Gasteiger partial charge on any atom is 0.361 e. The normalized spacial score (nSPS) is 11.2. The van der Waals surface area contributed by atoms with Crippen molar-refractivity contribution >= 4 is 17.6 Å². The lowest BCUT2D eigenvalue weighted by atomic mass is 10.0. The van der Waals surface area contributed by atoms with Gasteiger partial charge in [-0.15, -0.1) is 0 Å². The Kier molecular flexibility index (Phi) is 5.12. The van der Waals surface area contributed by atoms with E-state index in [1.165, 1.54) is 10.9 Å². The molecule has 0 aliphatic heterocycles. The Balaban J connectivity index is 2.72. The number of hydrogen-bond donors (Lipinski definition) is 2. The third-order valence-corrected chi connectivity index (χ3v) is 2.93. The van der Waals surface area contributed by atoms with Gasteiger partial charge in [0, 0.05) is 11.7 Å². The van der Waals surface area contributed by atoms with Crippen molar-refractivity contribution in [2.75, 3.05) is 12.3 Å². The van der Waals surface area contributed by atoms with Gasteiger partial charge in [-0.1, -0.05) is 6.92 Å². The molecule has 0 aromatic carbocycles. The van der Waals surface area contributed by atoms with Gasteiger partial charge in [-0.25, -0.2) is 4.79 Å². The summed E-state index contributed by atoms with van der Waals surface area (Å²) < 4.78 is 6.17. The lowest BCUT2D eigenvalue weighted by Crippen LogP contribution is -2.44. The molecule has 0 atom stereocenters. The number of carbonyl (C=O) groups is 2. The topological polar surface area (TPSA) is 99.2 Å². The van der Waals surface area contributed by atoms with Crippen molar-refractivity contribution in [3.05, 3.63) is 11.9 Å². The van der Waals surface area contributed by atoms with Crippen LogP contribution in [0.25, 0.3) is 0 Å². The number of nitrogen functional groups attached to an aromatic ring is 1. The van der Waals surface area contributed by atoms with E-state index in [0.717, 1.165) is 6.42 Å². The SMILES string of the molecule is CCOC(=O)c1nn(CC(=O)NC(C)(C)CC)cc1N. The zero-order valence-corrected chi connectivity index (χ0v) is 12.4. The molecule has 0 radical (unpaired) electrons. The number of nitrogens with zero attached hydrogens (tertiary/aromatic N) is 2. The average Bonchev–Trinajstić information content (AvgIpc) is 2.69. The summed E-state index contributed by atoms with van der Waals surface area (Å²) in [6.45, 7) is 7.82. The molecule has 0 aliphatic rings. The molecule has 20 heavy (non-hydrogen) atoms. The van der Waals surface area contributed by atoms with Gasteiger partial charge in [0.15, 0.2) is 5.69 Å². The monoisotopic (exact) mass is 282 g/mol. The highest BCUT2D eigenvalue weighted by Crippen LogP contribution is 2.11. The van der Waals surface area contributed by atoms with Gasteiger partial charge in [-0.3, -0.25) is 9.48 Å². The molecule has 0 saturated carbocycles. The van der Waals surface area contributed by atoms with E-state index in [9.17, 15) is 9.59 Å². The second kappa shape index (κ2) is 6.40. The zero-order chi connectivity index (χ0) is 15.3. The first-order chi connectivity index (χ1) is 9.29. The first kappa shape index (κ1) is 16.0. The van der Waals surface area contributed by atoms with E-state index in [1.807, 2.05) is 20.8 Å². The largest absolute Gasteiger partial charge is 0.461 e. The van der Waals surface area contributed by atoms with Crippen LogP contribution in [-0.2, 0) is 16.1 Å². The summed E-state index contributed by atoms with van der Waals surface area (Å²) in [5, 5.41) is 6.86. The Hall–Kier alpha value is -2.05. The minimum Gasteiger partial charge on any atom is -0.461 e. The number of nitrogens with one attached hydrogen (secondary N) is 1. The summed E-state index contributed by atoms with van der Waals surface area (Å²) in [6.07, 6.45) is 2.26. The summed E-state index contributed by atoms with van der Waals surface area (Å²) >= 11 is 0. The number of aromatic nitrogens is 2. The van der Waals surface area contributed by atoms with Gasteiger partial charge in [0.05, 0.1) is 12.3 Å². The molecule has 112 valence electrons. The van der Waals surface area contributed by atoms with E-state index < -0.39 is 5.97 Å². The molecular formula is C13H22N4O3. The Morgan fingerprint density at radius 2 is 2.10 bits per heavy atom. The molecule has 1 aromatic heterocycles. The highest BCUT2D eigenvalue weighted by atomic mass is 16.5. The molecule has 7 nitrogen and oxygen atoms in total. The molecule has 1 amide bonds. The fourth-order valence-electron chi connectivity index (χ4n) is 1.53. The molecule has 1 aromatic rings. The van der Waals surface area contributed by atoms with Crippen LogP contribution in [0.1, 0.15) is 44.6 Å². The fraction of sp³-hybridized carbons (Fsp3) is 0.615. The molecule has 7 heteroatoms. The van der Waals surface area contributed by atoms with Crippen LogP contribution in [0, 0.1) is 0 Å². The summed E-state index contributed by atoms with van der Waals surface area (Å²) in [4.78, 5) is 23.4. The van der Waals surface area contributed by atoms with Crippen LogP contribution in [-0.4, -0.2) is 33.8 Å². The highest BCUT2D eigenvalue weighted by Gasteiger charge is 2.20. The Morgan fingerprint density at radius 3 is 2.65 bits per heavy atom.